The summed E-state index contributed by atoms with van der Waals surface area (Å²) in [6.07, 6.45) is 1.44. The maximum atomic E-state index is 12.9. The normalized spacial score (nSPS) is 19.7. The van der Waals surface area contributed by atoms with Gasteiger partial charge in [0.05, 0.1) is 4.90 Å². The zero-order valence-electron chi connectivity index (χ0n) is 18.5. The summed E-state index contributed by atoms with van der Waals surface area (Å²) < 4.78 is 32.7. The first-order valence-corrected chi connectivity index (χ1v) is 12.7. The number of aryl methyl sites for hydroxylation is 1. The van der Waals surface area contributed by atoms with Gasteiger partial charge in [-0.2, -0.15) is 4.31 Å². The van der Waals surface area contributed by atoms with Gasteiger partial charge in [-0.1, -0.05) is 19.9 Å². The lowest BCUT2D eigenvalue weighted by atomic mass is 10.2. The van der Waals surface area contributed by atoms with Gasteiger partial charge in [0.1, 0.15) is 6.10 Å². The van der Waals surface area contributed by atoms with Gasteiger partial charge in [-0.05, 0) is 49.7 Å². The Bertz CT molecular complexity index is 904. The fraction of sp³-hybridized carbons (Fsp3) is 0.619. The Kier molecular flexibility index (Phi) is 7.90. The van der Waals surface area contributed by atoms with Crippen molar-refractivity contribution in [1.29, 1.82) is 0 Å². The summed E-state index contributed by atoms with van der Waals surface area (Å²) in [6.45, 7) is 9.50. The Hall–Kier alpha value is -1.75. The summed E-state index contributed by atoms with van der Waals surface area (Å²) >= 11 is 5.59. The number of thiocarbonyl (C=S) groups is 1. The zero-order valence-corrected chi connectivity index (χ0v) is 20.1. The lowest BCUT2D eigenvalue weighted by Crippen LogP contribution is -2.53. The summed E-state index contributed by atoms with van der Waals surface area (Å²) in [5, 5.41) is 3.74. The molecule has 0 saturated carbocycles. The van der Waals surface area contributed by atoms with Crippen LogP contribution in [0.2, 0.25) is 0 Å². The maximum Gasteiger partial charge on any atom is 0.251 e. The first kappa shape index (κ1) is 23.9. The molecule has 0 spiro atoms. The molecule has 0 radical (unpaired) electrons. The number of amides is 1. The van der Waals surface area contributed by atoms with E-state index in [1.807, 2.05) is 30.6 Å². The number of nitrogens with one attached hydrogen (secondary N) is 1. The predicted molar refractivity (Wildman–Crippen MR) is 125 cm³/mol. The van der Waals surface area contributed by atoms with Gasteiger partial charge in [0.15, 0.2) is 5.11 Å². The van der Waals surface area contributed by atoms with E-state index in [0.29, 0.717) is 56.7 Å². The van der Waals surface area contributed by atoms with Crippen molar-refractivity contribution in [2.75, 3.05) is 51.2 Å². The van der Waals surface area contributed by atoms with Crippen molar-refractivity contribution in [2.45, 2.75) is 44.6 Å². The van der Waals surface area contributed by atoms with E-state index < -0.39 is 10.0 Å². The SMILES string of the molecule is CCN(CC)S(=O)(=O)c1ccc(C)c(NC(=S)N2CCN(C(=O)[C@@H]3CCCO3)CC2)c1. The summed E-state index contributed by atoms with van der Waals surface area (Å²) in [5.74, 6) is 0.0705. The second kappa shape index (κ2) is 10.2. The Morgan fingerprint density at radius 3 is 2.42 bits per heavy atom. The molecule has 1 aromatic rings. The number of rotatable bonds is 6. The van der Waals surface area contributed by atoms with Crippen LogP contribution in [0, 0.1) is 6.92 Å². The van der Waals surface area contributed by atoms with Crippen LogP contribution in [-0.2, 0) is 19.6 Å². The molecule has 1 aromatic carbocycles. The Morgan fingerprint density at radius 2 is 1.84 bits per heavy atom. The number of anilines is 1. The van der Waals surface area contributed by atoms with E-state index in [1.54, 1.807) is 18.2 Å². The van der Waals surface area contributed by atoms with E-state index in [0.717, 1.165) is 18.4 Å². The molecule has 2 heterocycles. The number of sulfonamides is 1. The van der Waals surface area contributed by atoms with Gasteiger partial charge in [-0.25, -0.2) is 8.42 Å². The van der Waals surface area contributed by atoms with Crippen molar-refractivity contribution < 1.29 is 17.9 Å². The minimum Gasteiger partial charge on any atom is -0.368 e. The molecule has 2 saturated heterocycles. The third-order valence-corrected chi connectivity index (χ3v) is 8.28. The van der Waals surface area contributed by atoms with E-state index in [-0.39, 0.29) is 16.9 Å². The monoisotopic (exact) mass is 468 g/mol. The summed E-state index contributed by atoms with van der Waals surface area (Å²) in [7, 11) is -3.55. The number of carbonyl (C=O) groups is 1. The van der Waals surface area contributed by atoms with Crippen molar-refractivity contribution in [3.05, 3.63) is 23.8 Å². The molecular formula is C21H32N4O4S2. The quantitative estimate of drug-likeness (QED) is 0.640. The van der Waals surface area contributed by atoms with Crippen LogP contribution in [0.25, 0.3) is 0 Å². The van der Waals surface area contributed by atoms with Gasteiger partial charge in [0.2, 0.25) is 10.0 Å². The highest BCUT2D eigenvalue weighted by molar-refractivity contribution is 7.89. The van der Waals surface area contributed by atoms with Crippen LogP contribution in [0.3, 0.4) is 0 Å². The predicted octanol–water partition coefficient (Wildman–Crippen LogP) is 2.05. The highest BCUT2D eigenvalue weighted by Gasteiger charge is 2.31. The number of piperazine rings is 1. The standard InChI is InChI=1S/C21H32N4O4S2/c1-4-25(5-2)31(27,28)17-9-8-16(3)18(15-17)22-21(30)24-12-10-23(11-13-24)20(26)19-7-6-14-29-19/h8-9,15,19H,4-7,10-14H2,1-3H3,(H,22,30)/t19-/m0/s1. The first-order valence-electron chi connectivity index (χ1n) is 10.8. The third-order valence-electron chi connectivity index (χ3n) is 5.88. The molecule has 1 N–H and O–H groups in total. The molecular weight excluding hydrogens is 436 g/mol. The number of nitrogens with zero attached hydrogens (tertiary/aromatic N) is 3. The van der Waals surface area contributed by atoms with Crippen LogP contribution < -0.4 is 5.32 Å². The smallest absolute Gasteiger partial charge is 0.251 e. The Morgan fingerprint density at radius 1 is 1.19 bits per heavy atom. The number of hydrogen-bond acceptors (Lipinski definition) is 5. The molecule has 1 atom stereocenters. The largest absolute Gasteiger partial charge is 0.368 e. The second-order valence-electron chi connectivity index (χ2n) is 7.81. The van der Waals surface area contributed by atoms with Gasteiger partial charge in [0, 0.05) is 51.6 Å². The molecule has 31 heavy (non-hydrogen) atoms. The van der Waals surface area contributed by atoms with Crippen LogP contribution >= 0.6 is 12.2 Å². The molecule has 0 aliphatic carbocycles. The molecule has 10 heteroatoms. The minimum absolute atomic E-state index is 0.0705. The Labute approximate surface area is 190 Å². The molecule has 2 fully saturated rings. The lowest BCUT2D eigenvalue weighted by Gasteiger charge is -2.37. The highest BCUT2D eigenvalue weighted by Crippen LogP contribution is 2.24. The van der Waals surface area contributed by atoms with Gasteiger partial charge >= 0.3 is 0 Å². The van der Waals surface area contributed by atoms with E-state index in [2.05, 4.69) is 5.32 Å². The summed E-state index contributed by atoms with van der Waals surface area (Å²) in [6, 6.07) is 5.07. The first-order chi connectivity index (χ1) is 14.8. The maximum absolute atomic E-state index is 12.9. The van der Waals surface area contributed by atoms with Crippen molar-refractivity contribution in [3.63, 3.8) is 0 Å². The van der Waals surface area contributed by atoms with E-state index >= 15 is 0 Å². The fourth-order valence-electron chi connectivity index (χ4n) is 3.91. The van der Waals surface area contributed by atoms with Crippen LogP contribution in [0.15, 0.2) is 23.1 Å². The highest BCUT2D eigenvalue weighted by atomic mass is 32.2. The van der Waals surface area contributed by atoms with E-state index in [4.69, 9.17) is 17.0 Å². The van der Waals surface area contributed by atoms with Crippen LogP contribution in [0.1, 0.15) is 32.3 Å². The van der Waals surface area contributed by atoms with Crippen molar-refractivity contribution in [1.82, 2.24) is 14.1 Å². The molecule has 8 nitrogen and oxygen atoms in total. The van der Waals surface area contributed by atoms with Crippen LogP contribution in [-0.4, -0.2) is 85.5 Å². The van der Waals surface area contributed by atoms with Gasteiger partial charge in [-0.3, -0.25) is 4.79 Å². The summed E-state index contributed by atoms with van der Waals surface area (Å²) in [4.78, 5) is 16.6. The molecule has 172 valence electrons. The number of ether oxygens (including phenoxy) is 1. The van der Waals surface area contributed by atoms with Crippen LogP contribution in [0.4, 0.5) is 5.69 Å². The van der Waals surface area contributed by atoms with Crippen molar-refractivity contribution >= 4 is 38.9 Å². The average molecular weight is 469 g/mol. The molecule has 2 aliphatic heterocycles. The third kappa shape index (κ3) is 5.36. The van der Waals surface area contributed by atoms with Crippen LogP contribution in [0.5, 0.6) is 0 Å². The van der Waals surface area contributed by atoms with Crippen molar-refractivity contribution in [2.24, 2.45) is 0 Å². The molecule has 0 bridgehead atoms. The minimum atomic E-state index is -3.55. The van der Waals surface area contributed by atoms with Gasteiger partial charge in [-0.15, -0.1) is 0 Å². The summed E-state index contributed by atoms with van der Waals surface area (Å²) in [5.41, 5.74) is 1.59. The number of carbonyl (C=O) groups excluding carboxylic acids is 1. The lowest BCUT2D eigenvalue weighted by molar-refractivity contribution is -0.142. The zero-order chi connectivity index (χ0) is 22.6. The average Bonchev–Trinajstić information content (AvgIpc) is 3.30. The van der Waals surface area contributed by atoms with E-state index in [9.17, 15) is 13.2 Å². The molecule has 0 unspecified atom stereocenters. The molecule has 2 aliphatic rings. The second-order valence-corrected chi connectivity index (χ2v) is 10.1. The van der Waals surface area contributed by atoms with Crippen molar-refractivity contribution in [3.8, 4) is 0 Å². The topological polar surface area (TPSA) is 82.2 Å². The fourth-order valence-corrected chi connectivity index (χ4v) is 5.69. The van der Waals surface area contributed by atoms with Gasteiger partial charge < -0.3 is 19.9 Å². The molecule has 1 amide bonds. The number of benzene rings is 1. The number of hydrogen-bond donors (Lipinski definition) is 1. The Balaban J connectivity index is 1.64. The van der Waals surface area contributed by atoms with Gasteiger partial charge in [0.25, 0.3) is 5.91 Å². The molecule has 0 aromatic heterocycles. The van der Waals surface area contributed by atoms with E-state index in [1.165, 1.54) is 4.31 Å². The molecule has 3 rings (SSSR count).